The van der Waals surface area contributed by atoms with E-state index in [9.17, 15) is 4.39 Å². The molecule has 2 rings (SSSR count). The van der Waals surface area contributed by atoms with Crippen molar-refractivity contribution >= 4 is 5.69 Å². The van der Waals surface area contributed by atoms with Gasteiger partial charge in [0.05, 0.1) is 12.3 Å². The molecule has 0 saturated carbocycles. The number of anilines is 1. The lowest BCUT2D eigenvalue weighted by molar-refractivity contribution is 0.171. The van der Waals surface area contributed by atoms with Gasteiger partial charge in [0.2, 0.25) is 0 Å². The van der Waals surface area contributed by atoms with Gasteiger partial charge in [0, 0.05) is 18.7 Å². The molecule has 16 heavy (non-hydrogen) atoms. The van der Waals surface area contributed by atoms with E-state index >= 15 is 0 Å². The fourth-order valence-corrected chi connectivity index (χ4v) is 1.85. The third kappa shape index (κ3) is 2.33. The minimum atomic E-state index is -0.355. The van der Waals surface area contributed by atoms with Gasteiger partial charge in [0.15, 0.2) is 0 Å². The number of nitrogens with two attached hydrogens (primary N) is 1. The Morgan fingerprint density at radius 3 is 3.06 bits per heavy atom. The first-order chi connectivity index (χ1) is 7.61. The van der Waals surface area contributed by atoms with Gasteiger partial charge in [-0.05, 0) is 25.0 Å². The van der Waals surface area contributed by atoms with Crippen molar-refractivity contribution in [2.75, 3.05) is 18.9 Å². The molecule has 0 bridgehead atoms. The summed E-state index contributed by atoms with van der Waals surface area (Å²) in [6, 6.07) is 4.89. The van der Waals surface area contributed by atoms with E-state index in [1.54, 1.807) is 6.07 Å². The van der Waals surface area contributed by atoms with Gasteiger partial charge in [0.1, 0.15) is 5.82 Å². The fourth-order valence-electron chi connectivity index (χ4n) is 1.85. The first kappa shape index (κ1) is 11.4. The van der Waals surface area contributed by atoms with Gasteiger partial charge in [-0.25, -0.2) is 4.39 Å². The largest absolute Gasteiger partial charge is 0.396 e. The van der Waals surface area contributed by atoms with Gasteiger partial charge in [-0.2, -0.15) is 0 Å². The molecule has 1 unspecified atom stereocenters. The van der Waals surface area contributed by atoms with Crippen LogP contribution in [-0.2, 0) is 11.3 Å². The highest BCUT2D eigenvalue weighted by Crippen LogP contribution is 2.20. The van der Waals surface area contributed by atoms with Crippen LogP contribution < -0.4 is 11.1 Å². The van der Waals surface area contributed by atoms with Gasteiger partial charge in [-0.1, -0.05) is 12.1 Å². The molecule has 0 radical (unpaired) electrons. The Morgan fingerprint density at radius 2 is 2.38 bits per heavy atom. The number of benzene rings is 1. The average Bonchev–Trinajstić information content (AvgIpc) is 2.68. The highest BCUT2D eigenvalue weighted by atomic mass is 19.1. The molecule has 0 spiro atoms. The first-order valence-corrected chi connectivity index (χ1v) is 5.46. The van der Waals surface area contributed by atoms with Crippen LogP contribution in [0.25, 0.3) is 0 Å². The third-order valence-electron chi connectivity index (χ3n) is 3.07. The summed E-state index contributed by atoms with van der Waals surface area (Å²) in [5.74, 6) is -0.355. The van der Waals surface area contributed by atoms with Crippen LogP contribution in [0.4, 0.5) is 10.1 Å². The summed E-state index contributed by atoms with van der Waals surface area (Å²) in [5, 5.41) is 3.37. The third-order valence-corrected chi connectivity index (χ3v) is 3.07. The SMILES string of the molecule is CC1(NCc2cccc(F)c2N)CCOC1. The van der Waals surface area contributed by atoms with E-state index in [0.717, 1.165) is 18.6 Å². The van der Waals surface area contributed by atoms with Crippen LogP contribution >= 0.6 is 0 Å². The maximum atomic E-state index is 13.2. The Hall–Kier alpha value is -1.13. The molecule has 3 N–H and O–H groups in total. The maximum Gasteiger partial charge on any atom is 0.146 e. The second kappa shape index (κ2) is 4.39. The van der Waals surface area contributed by atoms with E-state index in [-0.39, 0.29) is 17.0 Å². The van der Waals surface area contributed by atoms with Crippen LogP contribution in [0.5, 0.6) is 0 Å². The van der Waals surface area contributed by atoms with E-state index in [1.807, 2.05) is 6.07 Å². The molecule has 0 amide bonds. The number of halogens is 1. The van der Waals surface area contributed by atoms with Crippen molar-refractivity contribution in [3.05, 3.63) is 29.6 Å². The van der Waals surface area contributed by atoms with Gasteiger partial charge in [-0.3, -0.25) is 0 Å². The van der Waals surface area contributed by atoms with E-state index in [0.29, 0.717) is 13.2 Å². The summed E-state index contributed by atoms with van der Waals surface area (Å²) in [4.78, 5) is 0. The number of rotatable bonds is 3. The van der Waals surface area contributed by atoms with E-state index in [4.69, 9.17) is 10.5 Å². The number of para-hydroxylation sites is 1. The molecule has 1 heterocycles. The summed E-state index contributed by atoms with van der Waals surface area (Å²) in [6.07, 6.45) is 0.974. The summed E-state index contributed by atoms with van der Waals surface area (Å²) >= 11 is 0. The van der Waals surface area contributed by atoms with E-state index in [1.165, 1.54) is 6.07 Å². The molecule has 1 aliphatic rings. The summed E-state index contributed by atoms with van der Waals surface area (Å²) in [5.41, 5.74) is 6.68. The highest BCUT2D eigenvalue weighted by molar-refractivity contribution is 5.47. The molecule has 1 aliphatic heterocycles. The summed E-state index contributed by atoms with van der Waals surface area (Å²) in [6.45, 7) is 4.16. The van der Waals surface area contributed by atoms with Gasteiger partial charge in [-0.15, -0.1) is 0 Å². The smallest absolute Gasteiger partial charge is 0.146 e. The molecule has 1 saturated heterocycles. The number of hydrogen-bond acceptors (Lipinski definition) is 3. The molecule has 0 aliphatic carbocycles. The fraction of sp³-hybridized carbons (Fsp3) is 0.500. The maximum absolute atomic E-state index is 13.2. The van der Waals surface area contributed by atoms with Crippen molar-refractivity contribution in [3.8, 4) is 0 Å². The summed E-state index contributed by atoms with van der Waals surface area (Å²) < 4.78 is 18.5. The number of nitrogen functional groups attached to an aromatic ring is 1. The van der Waals surface area contributed by atoms with Crippen LogP contribution in [0.2, 0.25) is 0 Å². The van der Waals surface area contributed by atoms with Crippen LogP contribution in [0.3, 0.4) is 0 Å². The minimum Gasteiger partial charge on any atom is -0.396 e. The van der Waals surface area contributed by atoms with Gasteiger partial charge in [0.25, 0.3) is 0 Å². The highest BCUT2D eigenvalue weighted by Gasteiger charge is 2.28. The molecule has 4 heteroatoms. The molecule has 88 valence electrons. The average molecular weight is 224 g/mol. The lowest BCUT2D eigenvalue weighted by Crippen LogP contribution is -2.42. The Labute approximate surface area is 94.8 Å². The first-order valence-electron chi connectivity index (χ1n) is 5.46. The van der Waals surface area contributed by atoms with Gasteiger partial charge < -0.3 is 15.8 Å². The molecule has 1 aromatic carbocycles. The Bertz CT molecular complexity index is 375. The monoisotopic (exact) mass is 224 g/mol. The molecule has 0 aromatic heterocycles. The molecular weight excluding hydrogens is 207 g/mol. The van der Waals surface area contributed by atoms with Crippen LogP contribution in [0.1, 0.15) is 18.9 Å². The molecule has 1 fully saturated rings. The van der Waals surface area contributed by atoms with Crippen molar-refractivity contribution in [1.29, 1.82) is 0 Å². The van der Waals surface area contributed by atoms with Crippen molar-refractivity contribution in [2.24, 2.45) is 0 Å². The van der Waals surface area contributed by atoms with Crippen LogP contribution in [-0.4, -0.2) is 18.8 Å². The predicted octanol–water partition coefficient (Wildman–Crippen LogP) is 1.68. The predicted molar refractivity (Wildman–Crippen MR) is 61.5 cm³/mol. The normalized spacial score (nSPS) is 24.9. The Balaban J connectivity index is 2.02. The van der Waals surface area contributed by atoms with Crippen molar-refractivity contribution in [1.82, 2.24) is 5.32 Å². The minimum absolute atomic E-state index is 0.0151. The van der Waals surface area contributed by atoms with Crippen molar-refractivity contribution < 1.29 is 9.13 Å². The second-order valence-corrected chi connectivity index (χ2v) is 4.53. The van der Waals surface area contributed by atoms with E-state index < -0.39 is 0 Å². The van der Waals surface area contributed by atoms with Gasteiger partial charge >= 0.3 is 0 Å². The Morgan fingerprint density at radius 1 is 1.56 bits per heavy atom. The molecular formula is C12H17FN2O. The standard InChI is InChI=1S/C12H17FN2O/c1-12(5-6-16-8-12)15-7-9-3-2-4-10(13)11(9)14/h2-4,15H,5-8,14H2,1H3. The lowest BCUT2D eigenvalue weighted by Gasteiger charge is -2.24. The zero-order valence-electron chi connectivity index (χ0n) is 9.42. The van der Waals surface area contributed by atoms with Crippen LogP contribution in [0.15, 0.2) is 18.2 Å². The second-order valence-electron chi connectivity index (χ2n) is 4.53. The van der Waals surface area contributed by atoms with Crippen molar-refractivity contribution in [2.45, 2.75) is 25.4 Å². The number of hydrogen-bond donors (Lipinski definition) is 2. The lowest BCUT2D eigenvalue weighted by atomic mass is 10.0. The Kier molecular flexibility index (Phi) is 3.12. The number of ether oxygens (including phenoxy) is 1. The molecule has 1 atom stereocenters. The zero-order valence-corrected chi connectivity index (χ0v) is 9.42. The molecule has 1 aromatic rings. The topological polar surface area (TPSA) is 47.3 Å². The van der Waals surface area contributed by atoms with Crippen molar-refractivity contribution in [3.63, 3.8) is 0 Å². The molecule has 3 nitrogen and oxygen atoms in total. The quantitative estimate of drug-likeness (QED) is 0.768. The van der Waals surface area contributed by atoms with E-state index in [2.05, 4.69) is 12.2 Å². The zero-order chi connectivity index (χ0) is 11.6. The van der Waals surface area contributed by atoms with Crippen LogP contribution in [0, 0.1) is 5.82 Å². The number of nitrogens with one attached hydrogen (secondary N) is 1. The summed E-state index contributed by atoms with van der Waals surface area (Å²) in [7, 11) is 0.